The number of ether oxygens (including phenoxy) is 1. The summed E-state index contributed by atoms with van der Waals surface area (Å²) in [6.07, 6.45) is -2.87. The number of rotatable bonds is 5. The Labute approximate surface area is 152 Å². The fraction of sp³-hybridized carbons (Fsp3) is 0.118. The van der Waals surface area contributed by atoms with Crippen molar-refractivity contribution in [1.82, 2.24) is 0 Å². The minimum Gasteiger partial charge on any atom is -0.460 e. The lowest BCUT2D eigenvalue weighted by molar-refractivity contribution is -0.123. The second-order valence-corrected chi connectivity index (χ2v) is 6.36. The molecule has 1 aliphatic rings. The number of hydrogen-bond donors (Lipinski definition) is 1. The van der Waals surface area contributed by atoms with Crippen LogP contribution in [0.15, 0.2) is 60.2 Å². The van der Waals surface area contributed by atoms with Gasteiger partial charge in [0.15, 0.2) is 6.08 Å². The van der Waals surface area contributed by atoms with Gasteiger partial charge in [-0.3, -0.25) is 4.79 Å². The molecule has 1 unspecified atom stereocenters. The third-order valence-electron chi connectivity index (χ3n) is 3.23. The number of Topliss-reactive ketones (excluding diaryl/α,β-unsaturated/α-hetero) is 1. The largest absolute Gasteiger partial charge is 0.460 e. The monoisotopic (exact) mass is 384 g/mol. The molecule has 1 aliphatic heterocycles. The summed E-state index contributed by atoms with van der Waals surface area (Å²) in [6.45, 7) is 0. The van der Waals surface area contributed by atoms with Gasteiger partial charge in [0.25, 0.3) is 0 Å². The summed E-state index contributed by atoms with van der Waals surface area (Å²) in [7, 11) is -5.15. The van der Waals surface area contributed by atoms with Gasteiger partial charge in [0, 0.05) is 11.6 Å². The normalized spacial score (nSPS) is 22.4. The van der Waals surface area contributed by atoms with E-state index in [1.807, 2.05) is 0 Å². The van der Waals surface area contributed by atoms with Crippen molar-refractivity contribution < 1.29 is 35.0 Å². The van der Waals surface area contributed by atoms with Gasteiger partial charge in [-0.2, -0.15) is 8.42 Å². The van der Waals surface area contributed by atoms with E-state index < -0.39 is 56.5 Å². The Morgan fingerprint density at radius 3 is 2.58 bits per heavy atom. The highest BCUT2D eigenvalue weighted by atomic mass is 32.2. The van der Waals surface area contributed by atoms with Gasteiger partial charge in [0.2, 0.25) is 17.4 Å². The van der Waals surface area contributed by atoms with E-state index in [9.17, 15) is 22.0 Å². The highest BCUT2D eigenvalue weighted by Crippen LogP contribution is 2.34. The van der Waals surface area contributed by atoms with Gasteiger partial charge in [-0.15, -0.1) is 0 Å². The topological polar surface area (TPSA) is 95.7 Å². The van der Waals surface area contributed by atoms with Gasteiger partial charge in [0.1, 0.15) is 17.3 Å². The number of halogens is 2. The maximum Gasteiger partial charge on any atom is 0.313 e. The summed E-state index contributed by atoms with van der Waals surface area (Å²) in [5, 5.41) is 0. The quantitative estimate of drug-likeness (QED) is 0.795. The number of carbonyl (C=O) groups is 1. The average molecular weight is 384 g/mol. The molecule has 0 aliphatic carbocycles. The highest BCUT2D eigenvalue weighted by Gasteiger charge is 2.40. The van der Waals surface area contributed by atoms with Crippen LogP contribution >= 0.6 is 0 Å². The molecule has 0 saturated heterocycles. The number of nitrogens with two attached hydrogens (primary N) is 1. The van der Waals surface area contributed by atoms with Crippen LogP contribution in [0.3, 0.4) is 0 Å². The lowest BCUT2D eigenvalue weighted by Crippen LogP contribution is -2.17. The standard InChI is InChI=1S/C17H13F2NO5S/c18-11-6-7-12(13(19)8-11)15-14(21)16(17(20)24-15)25-26(22,23)9-10-4-2-1-3-5-10/h1-8,15H,9,20H2/i9D2,15D. The molecule has 0 radical (unpaired) electrons. The van der Waals surface area contributed by atoms with Crippen molar-refractivity contribution in [2.45, 2.75) is 11.8 Å². The minimum atomic E-state index is -5.15. The molecule has 2 aromatic rings. The van der Waals surface area contributed by atoms with E-state index >= 15 is 0 Å². The van der Waals surface area contributed by atoms with Gasteiger partial charge in [-0.05, 0) is 17.7 Å². The molecule has 2 aromatic carbocycles. The molecule has 6 nitrogen and oxygen atoms in total. The van der Waals surface area contributed by atoms with Gasteiger partial charge >= 0.3 is 10.1 Å². The zero-order valence-corrected chi connectivity index (χ0v) is 13.7. The van der Waals surface area contributed by atoms with Crippen LogP contribution in [0.5, 0.6) is 0 Å². The number of benzene rings is 2. The lowest BCUT2D eigenvalue weighted by atomic mass is 10.1. The Bertz CT molecular complexity index is 1130. The molecular weight excluding hydrogens is 368 g/mol. The summed E-state index contributed by atoms with van der Waals surface area (Å²) in [5.41, 5.74) is 1.36. The van der Waals surface area contributed by atoms with Gasteiger partial charge < -0.3 is 14.7 Å². The van der Waals surface area contributed by atoms with E-state index in [4.69, 9.17) is 14.6 Å². The van der Waals surface area contributed by atoms with Crippen LogP contribution in [0, 0.1) is 11.6 Å². The van der Waals surface area contributed by atoms with Crippen LogP contribution in [0.25, 0.3) is 0 Å². The van der Waals surface area contributed by atoms with E-state index in [1.165, 1.54) is 30.3 Å². The fourth-order valence-electron chi connectivity index (χ4n) is 2.13. The minimum absolute atomic E-state index is 0.285. The second kappa shape index (κ2) is 6.75. The molecule has 3 rings (SSSR count). The Kier molecular flexibility index (Phi) is 3.70. The molecule has 1 heterocycles. The summed E-state index contributed by atoms with van der Waals surface area (Å²) in [5.74, 6) is -5.90. The van der Waals surface area contributed by atoms with Crippen LogP contribution in [0.2, 0.25) is 0 Å². The number of hydrogen-bond acceptors (Lipinski definition) is 6. The van der Waals surface area contributed by atoms with Crippen molar-refractivity contribution in [2.24, 2.45) is 5.73 Å². The number of ketones is 1. The first-order valence-corrected chi connectivity index (χ1v) is 8.49. The predicted molar refractivity (Wildman–Crippen MR) is 86.6 cm³/mol. The predicted octanol–water partition coefficient (Wildman–Crippen LogP) is 2.28. The van der Waals surface area contributed by atoms with Crippen molar-refractivity contribution >= 4 is 15.9 Å². The Morgan fingerprint density at radius 1 is 1.23 bits per heavy atom. The van der Waals surface area contributed by atoms with E-state index in [-0.39, 0.29) is 5.56 Å². The molecule has 0 spiro atoms. The molecule has 9 heteroatoms. The zero-order valence-electron chi connectivity index (χ0n) is 15.9. The van der Waals surface area contributed by atoms with Gasteiger partial charge in [-0.1, -0.05) is 30.3 Å². The first-order chi connectivity index (χ1) is 13.4. The van der Waals surface area contributed by atoms with Crippen molar-refractivity contribution in [1.29, 1.82) is 0 Å². The fourth-order valence-corrected chi connectivity index (χ4v) is 2.97. The molecule has 1 atom stereocenters. The van der Waals surface area contributed by atoms with Crippen LogP contribution in [0.4, 0.5) is 8.78 Å². The first kappa shape index (κ1) is 14.3. The maximum atomic E-state index is 14.1. The van der Waals surface area contributed by atoms with E-state index in [0.717, 1.165) is 12.1 Å². The molecule has 0 aromatic heterocycles. The first-order valence-electron chi connectivity index (χ1n) is 8.59. The molecule has 26 heavy (non-hydrogen) atoms. The van der Waals surface area contributed by atoms with Gasteiger partial charge in [-0.25, -0.2) is 8.78 Å². The lowest BCUT2D eigenvalue weighted by Gasteiger charge is -2.11. The molecule has 0 bridgehead atoms. The molecule has 2 N–H and O–H groups in total. The zero-order chi connectivity index (χ0) is 21.6. The van der Waals surface area contributed by atoms with Crippen molar-refractivity contribution in [3.8, 4) is 0 Å². The Hall–Kier alpha value is -2.94. The van der Waals surface area contributed by atoms with Crippen molar-refractivity contribution in [3.63, 3.8) is 0 Å². The third kappa shape index (κ3) is 3.67. The molecule has 0 amide bonds. The Balaban J connectivity index is 1.96. The van der Waals surface area contributed by atoms with Crippen LogP contribution in [-0.4, -0.2) is 14.2 Å². The van der Waals surface area contributed by atoms with E-state index in [2.05, 4.69) is 4.18 Å². The summed E-state index contributed by atoms with van der Waals surface area (Å²) in [4.78, 5) is 12.6. The van der Waals surface area contributed by atoms with E-state index in [1.54, 1.807) is 0 Å². The Morgan fingerprint density at radius 2 is 1.92 bits per heavy atom. The maximum absolute atomic E-state index is 14.1. The third-order valence-corrected chi connectivity index (χ3v) is 4.11. The van der Waals surface area contributed by atoms with Crippen molar-refractivity contribution in [3.05, 3.63) is 82.9 Å². The second-order valence-electron chi connectivity index (χ2n) is 5.08. The van der Waals surface area contributed by atoms with Crippen LogP contribution in [-0.2, 0) is 29.5 Å². The molecule has 0 fully saturated rings. The van der Waals surface area contributed by atoms with Crippen molar-refractivity contribution in [2.75, 3.05) is 0 Å². The SMILES string of the molecule is [2H]C1(c2ccc(F)cc2F)OC(N)=C(OS(=O)(=O)C([2H])([2H])c2ccccc2)C1=O. The highest BCUT2D eigenvalue weighted by molar-refractivity contribution is 7.86. The summed E-state index contributed by atoms with van der Waals surface area (Å²) < 4.78 is 85.4. The molecule has 0 saturated carbocycles. The van der Waals surface area contributed by atoms with Gasteiger partial charge in [0.05, 0.1) is 4.11 Å². The average Bonchev–Trinajstić information content (AvgIpc) is 2.85. The van der Waals surface area contributed by atoms with Crippen LogP contribution < -0.4 is 5.73 Å². The summed E-state index contributed by atoms with van der Waals surface area (Å²) in [6, 6.07) is 8.64. The summed E-state index contributed by atoms with van der Waals surface area (Å²) >= 11 is 0. The number of carbonyl (C=O) groups excluding carboxylic acids is 1. The smallest absolute Gasteiger partial charge is 0.313 e. The van der Waals surface area contributed by atoms with E-state index in [0.29, 0.717) is 6.07 Å². The molecular formula is C17H13F2NO5S. The molecule has 136 valence electrons. The van der Waals surface area contributed by atoms with Crippen LogP contribution in [0.1, 0.15) is 21.3 Å².